The van der Waals surface area contributed by atoms with E-state index in [1.807, 2.05) is 0 Å². The molecule has 2 rings (SSSR count). The van der Waals surface area contributed by atoms with Gasteiger partial charge in [-0.05, 0) is 12.8 Å². The van der Waals surface area contributed by atoms with Gasteiger partial charge in [0.05, 0.1) is 29.0 Å². The third-order valence-corrected chi connectivity index (χ3v) is 4.95. The SMILES string of the molecule is CS(=O)(=O)C1CCN(c2c(N)cncc2F)CC1. The van der Waals surface area contributed by atoms with Crippen molar-refractivity contribution in [3.8, 4) is 0 Å². The van der Waals surface area contributed by atoms with E-state index in [9.17, 15) is 12.8 Å². The Balaban J connectivity index is 2.15. The van der Waals surface area contributed by atoms with Gasteiger partial charge in [-0.2, -0.15) is 0 Å². The van der Waals surface area contributed by atoms with Crippen LogP contribution in [-0.2, 0) is 9.84 Å². The Morgan fingerprint density at radius 3 is 2.50 bits per heavy atom. The first-order valence-corrected chi connectivity index (χ1v) is 7.68. The summed E-state index contributed by atoms with van der Waals surface area (Å²) in [5, 5.41) is -0.333. The number of aromatic nitrogens is 1. The summed E-state index contributed by atoms with van der Waals surface area (Å²) in [5.41, 5.74) is 6.33. The van der Waals surface area contributed by atoms with Crippen LogP contribution in [0.15, 0.2) is 12.4 Å². The van der Waals surface area contributed by atoms with Gasteiger partial charge in [0, 0.05) is 19.3 Å². The quantitative estimate of drug-likeness (QED) is 0.863. The fourth-order valence-electron chi connectivity index (χ4n) is 2.28. The average Bonchev–Trinajstić information content (AvgIpc) is 2.28. The van der Waals surface area contributed by atoms with Crippen LogP contribution < -0.4 is 10.6 Å². The first-order valence-electron chi connectivity index (χ1n) is 5.72. The zero-order valence-electron chi connectivity index (χ0n) is 10.1. The number of sulfone groups is 1. The topological polar surface area (TPSA) is 76.3 Å². The number of nitrogen functional groups attached to an aromatic ring is 1. The highest BCUT2D eigenvalue weighted by molar-refractivity contribution is 7.91. The minimum absolute atomic E-state index is 0.285. The van der Waals surface area contributed by atoms with E-state index in [1.54, 1.807) is 4.90 Å². The third-order valence-electron chi connectivity index (χ3n) is 3.26. The second-order valence-corrected chi connectivity index (χ2v) is 6.90. The Bertz CT molecular complexity index is 519. The van der Waals surface area contributed by atoms with Crippen LogP contribution in [0.4, 0.5) is 15.8 Å². The lowest BCUT2D eigenvalue weighted by molar-refractivity contribution is 0.527. The Kier molecular flexibility index (Phi) is 3.43. The molecule has 0 unspecified atom stereocenters. The van der Waals surface area contributed by atoms with Crippen LogP contribution in [-0.4, -0.2) is 38.0 Å². The fourth-order valence-corrected chi connectivity index (χ4v) is 3.35. The van der Waals surface area contributed by atoms with Crippen LogP contribution >= 0.6 is 0 Å². The number of nitrogens with two attached hydrogens (primary N) is 1. The monoisotopic (exact) mass is 273 g/mol. The molecule has 0 radical (unpaired) electrons. The molecule has 1 aliphatic rings. The Hall–Kier alpha value is -1.37. The number of hydrogen-bond donors (Lipinski definition) is 1. The van der Waals surface area contributed by atoms with Gasteiger partial charge in [0.2, 0.25) is 0 Å². The number of piperidine rings is 1. The molecule has 1 saturated heterocycles. The molecule has 0 saturated carbocycles. The highest BCUT2D eigenvalue weighted by atomic mass is 32.2. The van der Waals surface area contributed by atoms with Crippen molar-refractivity contribution in [2.75, 3.05) is 30.0 Å². The lowest BCUT2D eigenvalue weighted by atomic mass is 10.1. The summed E-state index contributed by atoms with van der Waals surface area (Å²) in [4.78, 5) is 5.46. The number of pyridine rings is 1. The van der Waals surface area contributed by atoms with E-state index in [-0.39, 0.29) is 10.9 Å². The van der Waals surface area contributed by atoms with Gasteiger partial charge in [0.15, 0.2) is 5.82 Å². The molecular weight excluding hydrogens is 257 g/mol. The molecule has 2 N–H and O–H groups in total. The smallest absolute Gasteiger partial charge is 0.166 e. The lowest BCUT2D eigenvalue weighted by Crippen LogP contribution is -2.39. The maximum Gasteiger partial charge on any atom is 0.166 e. The van der Waals surface area contributed by atoms with E-state index in [0.717, 1.165) is 6.20 Å². The van der Waals surface area contributed by atoms with Gasteiger partial charge in [0.25, 0.3) is 0 Å². The van der Waals surface area contributed by atoms with Gasteiger partial charge in [-0.15, -0.1) is 0 Å². The van der Waals surface area contributed by atoms with Crippen molar-refractivity contribution in [2.45, 2.75) is 18.1 Å². The Labute approximate surface area is 106 Å². The van der Waals surface area contributed by atoms with E-state index < -0.39 is 15.7 Å². The molecule has 100 valence electrons. The normalized spacial score (nSPS) is 18.0. The predicted molar refractivity (Wildman–Crippen MR) is 68.7 cm³/mol. The molecular formula is C11H16FN3O2S. The van der Waals surface area contributed by atoms with Crippen LogP contribution in [0.5, 0.6) is 0 Å². The molecule has 1 aromatic rings. The Morgan fingerprint density at radius 2 is 2.00 bits per heavy atom. The molecule has 0 aromatic carbocycles. The molecule has 0 aliphatic carbocycles. The molecule has 1 aromatic heterocycles. The van der Waals surface area contributed by atoms with Gasteiger partial charge >= 0.3 is 0 Å². The zero-order chi connectivity index (χ0) is 13.3. The van der Waals surface area contributed by atoms with E-state index in [4.69, 9.17) is 5.73 Å². The Morgan fingerprint density at radius 1 is 1.39 bits per heavy atom. The third kappa shape index (κ3) is 2.55. The van der Waals surface area contributed by atoms with Gasteiger partial charge in [-0.25, -0.2) is 12.8 Å². The maximum atomic E-state index is 13.7. The zero-order valence-corrected chi connectivity index (χ0v) is 11.0. The van der Waals surface area contributed by atoms with E-state index in [0.29, 0.717) is 31.6 Å². The summed E-state index contributed by atoms with van der Waals surface area (Å²) in [7, 11) is -3.02. The van der Waals surface area contributed by atoms with Crippen LogP contribution in [0.3, 0.4) is 0 Å². The predicted octanol–water partition coefficient (Wildman–Crippen LogP) is 0.816. The minimum atomic E-state index is -3.02. The standard InChI is InChI=1S/C11H16FN3O2S/c1-18(16,17)8-2-4-15(5-3-8)11-9(12)6-14-7-10(11)13/h6-8H,2-5,13H2,1H3. The first-order chi connectivity index (χ1) is 8.39. The van der Waals surface area contributed by atoms with Crippen LogP contribution in [0.1, 0.15) is 12.8 Å². The molecule has 18 heavy (non-hydrogen) atoms. The van der Waals surface area contributed by atoms with Crippen molar-refractivity contribution in [1.29, 1.82) is 0 Å². The van der Waals surface area contributed by atoms with Crippen molar-refractivity contribution in [1.82, 2.24) is 4.98 Å². The summed E-state index contributed by atoms with van der Waals surface area (Å²) in [6.07, 6.45) is 4.77. The molecule has 1 fully saturated rings. The highest BCUT2D eigenvalue weighted by Crippen LogP contribution is 2.29. The summed E-state index contributed by atoms with van der Waals surface area (Å²) < 4.78 is 36.5. The molecule has 0 bridgehead atoms. The summed E-state index contributed by atoms with van der Waals surface area (Å²) >= 11 is 0. The second kappa shape index (κ2) is 4.72. The number of hydrogen-bond acceptors (Lipinski definition) is 5. The van der Waals surface area contributed by atoms with Crippen LogP contribution in [0, 0.1) is 5.82 Å². The van der Waals surface area contributed by atoms with Gasteiger partial charge in [-0.3, -0.25) is 4.98 Å². The lowest BCUT2D eigenvalue weighted by Gasteiger charge is -2.33. The molecule has 1 aliphatic heterocycles. The molecule has 2 heterocycles. The van der Waals surface area contributed by atoms with E-state index in [1.165, 1.54) is 12.5 Å². The minimum Gasteiger partial charge on any atom is -0.396 e. The molecule has 0 spiro atoms. The van der Waals surface area contributed by atoms with Crippen molar-refractivity contribution in [2.24, 2.45) is 0 Å². The summed E-state index contributed by atoms with van der Waals surface area (Å²) in [6, 6.07) is 0. The van der Waals surface area contributed by atoms with Gasteiger partial charge < -0.3 is 10.6 Å². The van der Waals surface area contributed by atoms with E-state index >= 15 is 0 Å². The number of rotatable bonds is 2. The van der Waals surface area contributed by atoms with Crippen molar-refractivity contribution in [3.05, 3.63) is 18.2 Å². The van der Waals surface area contributed by atoms with Crippen molar-refractivity contribution < 1.29 is 12.8 Å². The molecule has 0 amide bonds. The van der Waals surface area contributed by atoms with Crippen LogP contribution in [0.25, 0.3) is 0 Å². The number of anilines is 2. The second-order valence-electron chi connectivity index (χ2n) is 4.58. The summed E-state index contributed by atoms with van der Waals surface area (Å²) in [6.45, 7) is 0.978. The van der Waals surface area contributed by atoms with E-state index in [2.05, 4.69) is 4.98 Å². The largest absolute Gasteiger partial charge is 0.396 e. The summed E-state index contributed by atoms with van der Waals surface area (Å²) in [5.74, 6) is -0.465. The van der Waals surface area contributed by atoms with Crippen LogP contribution in [0.2, 0.25) is 0 Å². The van der Waals surface area contributed by atoms with Gasteiger partial charge in [-0.1, -0.05) is 0 Å². The average molecular weight is 273 g/mol. The molecule has 0 atom stereocenters. The maximum absolute atomic E-state index is 13.7. The number of halogens is 1. The van der Waals surface area contributed by atoms with Gasteiger partial charge in [0.1, 0.15) is 9.84 Å². The highest BCUT2D eigenvalue weighted by Gasteiger charge is 2.28. The first kappa shape index (κ1) is 13.1. The van der Waals surface area contributed by atoms with Crippen molar-refractivity contribution >= 4 is 21.2 Å². The number of nitrogens with zero attached hydrogens (tertiary/aromatic N) is 2. The fraction of sp³-hybridized carbons (Fsp3) is 0.545. The molecule has 5 nitrogen and oxygen atoms in total. The van der Waals surface area contributed by atoms with Crippen molar-refractivity contribution in [3.63, 3.8) is 0 Å². The molecule has 7 heteroatoms.